The first-order chi connectivity index (χ1) is 15.5. The monoisotopic (exact) mass is 428 g/mol. The first-order valence-electron chi connectivity index (χ1n) is 11.1. The summed E-state index contributed by atoms with van der Waals surface area (Å²) in [6.07, 6.45) is 8.44. The number of H-pyrrole nitrogens is 1. The maximum absolute atomic E-state index is 13.4. The molecule has 1 N–H and O–H groups in total. The summed E-state index contributed by atoms with van der Waals surface area (Å²) < 4.78 is 3.69. The smallest absolute Gasteiger partial charge is 0.281 e. The van der Waals surface area contributed by atoms with Gasteiger partial charge in [-0.2, -0.15) is 0 Å². The number of benzene rings is 1. The Hall–Kier alpha value is -3.55. The lowest BCUT2D eigenvalue weighted by Gasteiger charge is -2.46. The maximum atomic E-state index is 13.4. The Balaban J connectivity index is 1.53. The number of aldehydes is 1. The molecule has 4 aromatic rings. The van der Waals surface area contributed by atoms with Crippen LogP contribution in [0, 0.1) is 5.92 Å². The number of nitrogens with one attached hydrogen (secondary N) is 1. The van der Waals surface area contributed by atoms with Crippen molar-refractivity contribution in [1.29, 1.82) is 0 Å². The van der Waals surface area contributed by atoms with Crippen molar-refractivity contribution < 1.29 is 4.79 Å². The molecule has 0 amide bonds. The highest BCUT2D eigenvalue weighted by molar-refractivity contribution is 5.84. The number of rotatable bonds is 5. The van der Waals surface area contributed by atoms with Gasteiger partial charge in [0.2, 0.25) is 0 Å². The molecular formula is C24H24N6O2. The van der Waals surface area contributed by atoms with Gasteiger partial charge in [-0.1, -0.05) is 19.1 Å². The fourth-order valence-electron chi connectivity index (χ4n) is 5.42. The van der Waals surface area contributed by atoms with E-state index in [9.17, 15) is 9.59 Å². The van der Waals surface area contributed by atoms with E-state index in [4.69, 9.17) is 0 Å². The number of aromatic nitrogens is 6. The van der Waals surface area contributed by atoms with Crippen LogP contribution in [0.3, 0.4) is 0 Å². The third-order valence-electron chi connectivity index (χ3n) is 7.04. The number of fused-ring (bicyclic) bond motifs is 1. The largest absolute Gasteiger partial charge is 0.331 e. The Morgan fingerprint density at radius 2 is 2.06 bits per heavy atom. The molecule has 2 fully saturated rings. The minimum Gasteiger partial charge on any atom is -0.331 e. The summed E-state index contributed by atoms with van der Waals surface area (Å²) in [4.78, 5) is 31.9. The summed E-state index contributed by atoms with van der Waals surface area (Å²) in [7, 11) is 1.98. The Labute approximate surface area is 184 Å². The van der Waals surface area contributed by atoms with Gasteiger partial charge in [-0.25, -0.2) is 4.98 Å². The molecule has 32 heavy (non-hydrogen) atoms. The number of pyridine rings is 1. The second-order valence-electron chi connectivity index (χ2n) is 9.41. The average Bonchev–Trinajstić information content (AvgIpc) is 3.37. The molecule has 162 valence electrons. The van der Waals surface area contributed by atoms with E-state index in [-0.39, 0.29) is 16.8 Å². The summed E-state index contributed by atoms with van der Waals surface area (Å²) >= 11 is 0. The SMILES string of the molecule is CC1CC(c2cccc(-n3cc(C4CC4)c4nc(C=O)[nH]c4c3=O)c2)(c2nncn2C)C1. The summed E-state index contributed by atoms with van der Waals surface area (Å²) in [5.41, 5.74) is 3.58. The van der Waals surface area contributed by atoms with Gasteiger partial charge in [0, 0.05) is 24.5 Å². The van der Waals surface area contributed by atoms with Crippen molar-refractivity contribution in [2.24, 2.45) is 13.0 Å². The molecular weight excluding hydrogens is 404 g/mol. The summed E-state index contributed by atoms with van der Waals surface area (Å²) in [5.74, 6) is 2.13. The van der Waals surface area contributed by atoms with Crippen LogP contribution in [0.4, 0.5) is 0 Å². The van der Waals surface area contributed by atoms with Gasteiger partial charge in [0.05, 0.1) is 10.9 Å². The third kappa shape index (κ3) is 2.71. The van der Waals surface area contributed by atoms with Crippen molar-refractivity contribution in [1.82, 2.24) is 29.3 Å². The van der Waals surface area contributed by atoms with Crippen LogP contribution in [0.1, 0.15) is 66.1 Å². The molecule has 2 aliphatic rings. The Morgan fingerprint density at radius 3 is 2.72 bits per heavy atom. The number of aromatic amines is 1. The lowest BCUT2D eigenvalue weighted by atomic mass is 9.58. The molecule has 0 atom stereocenters. The number of nitrogens with zero attached hydrogens (tertiary/aromatic N) is 5. The highest BCUT2D eigenvalue weighted by Gasteiger charge is 2.48. The third-order valence-corrected chi connectivity index (χ3v) is 7.04. The van der Waals surface area contributed by atoms with Crippen LogP contribution in [0.2, 0.25) is 0 Å². The quantitative estimate of drug-likeness (QED) is 0.492. The zero-order valence-corrected chi connectivity index (χ0v) is 18.1. The minimum absolute atomic E-state index is 0.190. The predicted octanol–water partition coefficient (Wildman–Crippen LogP) is 3.25. The van der Waals surface area contributed by atoms with Crippen molar-refractivity contribution in [3.63, 3.8) is 0 Å². The summed E-state index contributed by atoms with van der Waals surface area (Å²) in [6, 6.07) is 8.18. The van der Waals surface area contributed by atoms with Crippen LogP contribution < -0.4 is 5.56 Å². The molecule has 8 heteroatoms. The maximum Gasteiger partial charge on any atom is 0.281 e. The first-order valence-corrected chi connectivity index (χ1v) is 11.1. The fraction of sp³-hybridized carbons (Fsp3) is 0.375. The Kier molecular flexibility index (Phi) is 4.02. The molecule has 3 heterocycles. The van der Waals surface area contributed by atoms with Gasteiger partial charge in [0.25, 0.3) is 5.56 Å². The van der Waals surface area contributed by atoms with E-state index < -0.39 is 0 Å². The molecule has 0 bridgehead atoms. The van der Waals surface area contributed by atoms with Crippen LogP contribution in [0.5, 0.6) is 0 Å². The van der Waals surface area contributed by atoms with E-state index in [2.05, 4.69) is 39.2 Å². The molecule has 0 saturated heterocycles. The van der Waals surface area contributed by atoms with Crippen LogP contribution in [-0.2, 0) is 12.5 Å². The number of hydrogen-bond acceptors (Lipinski definition) is 5. The predicted molar refractivity (Wildman–Crippen MR) is 119 cm³/mol. The van der Waals surface area contributed by atoms with Crippen LogP contribution in [0.25, 0.3) is 16.7 Å². The van der Waals surface area contributed by atoms with Crippen LogP contribution in [0.15, 0.2) is 41.6 Å². The van der Waals surface area contributed by atoms with Gasteiger partial charge < -0.3 is 9.55 Å². The topological polar surface area (TPSA) is 98.5 Å². The number of carbonyl (C=O) groups is 1. The van der Waals surface area contributed by atoms with Crippen molar-refractivity contribution in [2.45, 2.75) is 43.9 Å². The minimum atomic E-state index is -0.202. The molecule has 6 rings (SSSR count). The number of carbonyl (C=O) groups excluding carboxylic acids is 1. The molecule has 0 radical (unpaired) electrons. The molecule has 8 nitrogen and oxygen atoms in total. The number of aryl methyl sites for hydroxylation is 1. The molecule has 2 aliphatic carbocycles. The van der Waals surface area contributed by atoms with E-state index >= 15 is 0 Å². The second-order valence-corrected chi connectivity index (χ2v) is 9.41. The van der Waals surface area contributed by atoms with Crippen molar-refractivity contribution in [3.8, 4) is 5.69 Å². The molecule has 0 unspecified atom stereocenters. The van der Waals surface area contributed by atoms with E-state index in [0.29, 0.717) is 29.2 Å². The fourth-order valence-corrected chi connectivity index (χ4v) is 5.42. The van der Waals surface area contributed by atoms with E-state index in [0.717, 1.165) is 48.3 Å². The first kappa shape index (κ1) is 19.2. The van der Waals surface area contributed by atoms with E-state index in [1.165, 1.54) is 0 Å². The van der Waals surface area contributed by atoms with E-state index in [1.54, 1.807) is 10.9 Å². The van der Waals surface area contributed by atoms with Crippen LogP contribution >= 0.6 is 0 Å². The van der Waals surface area contributed by atoms with Crippen molar-refractivity contribution >= 4 is 17.3 Å². The number of hydrogen-bond donors (Lipinski definition) is 1. The van der Waals surface area contributed by atoms with E-state index in [1.807, 2.05) is 29.9 Å². The Morgan fingerprint density at radius 1 is 1.25 bits per heavy atom. The van der Waals surface area contributed by atoms with Crippen LogP contribution in [-0.4, -0.2) is 35.6 Å². The zero-order valence-electron chi connectivity index (χ0n) is 18.1. The van der Waals surface area contributed by atoms with Gasteiger partial charge in [0.15, 0.2) is 12.1 Å². The molecule has 1 aromatic carbocycles. The standard InChI is InChI=1S/C24H24N6O2/c1-14-9-24(10-14,23-28-25-13-29(23)2)16-4-3-5-17(8-16)30-11-18(15-6-7-15)20-21(22(30)32)27-19(12-31)26-20/h3-5,8,11-15H,6-7,9-10H2,1-2H3,(H,26,27). The van der Waals surface area contributed by atoms with Gasteiger partial charge in [0.1, 0.15) is 17.7 Å². The van der Waals surface area contributed by atoms with Crippen molar-refractivity contribution in [2.75, 3.05) is 0 Å². The zero-order chi connectivity index (χ0) is 22.0. The molecule has 3 aromatic heterocycles. The lowest BCUT2D eigenvalue weighted by molar-refractivity contribution is 0.111. The summed E-state index contributed by atoms with van der Waals surface area (Å²) in [5, 5.41) is 8.55. The second kappa shape index (κ2) is 6.72. The summed E-state index contributed by atoms with van der Waals surface area (Å²) in [6.45, 7) is 2.25. The van der Waals surface area contributed by atoms with Gasteiger partial charge >= 0.3 is 0 Å². The van der Waals surface area contributed by atoms with Gasteiger partial charge in [-0.3, -0.25) is 14.2 Å². The molecule has 0 spiro atoms. The average molecular weight is 428 g/mol. The normalized spacial score (nSPS) is 22.8. The highest BCUT2D eigenvalue weighted by atomic mass is 16.1. The van der Waals surface area contributed by atoms with Gasteiger partial charge in [-0.15, -0.1) is 10.2 Å². The Bertz CT molecular complexity index is 1420. The molecule has 2 saturated carbocycles. The lowest BCUT2D eigenvalue weighted by Crippen LogP contribution is -2.43. The highest BCUT2D eigenvalue weighted by Crippen LogP contribution is 2.51. The number of imidazole rings is 1. The molecule has 0 aliphatic heterocycles. The van der Waals surface area contributed by atoms with Crippen molar-refractivity contribution in [3.05, 3.63) is 69.9 Å². The van der Waals surface area contributed by atoms with Gasteiger partial charge in [-0.05, 0) is 55.2 Å².